The van der Waals surface area contributed by atoms with E-state index in [1.54, 1.807) is 0 Å². The van der Waals surface area contributed by atoms with Crippen LogP contribution in [0.2, 0.25) is 0 Å². The standard InChI is InChI=1S/C14H14F9N3OS/c1-11(15,16)13(19,20)12(17,18)4-6-27-10-9(24-28-25-10)8-3-2-5-26(7-8)14(21,22)23/h3H,2,4-7H2,1H3. The van der Waals surface area contributed by atoms with Gasteiger partial charge >= 0.3 is 24.1 Å². The molecule has 1 aromatic rings. The molecule has 0 saturated carbocycles. The fourth-order valence-electron chi connectivity index (χ4n) is 2.36. The average molecular weight is 443 g/mol. The van der Waals surface area contributed by atoms with Gasteiger partial charge in [0.2, 0.25) is 0 Å². The Kier molecular flexibility index (Phi) is 6.24. The first-order valence-corrected chi connectivity index (χ1v) is 8.50. The fraction of sp³-hybridized carbons (Fsp3) is 0.714. The predicted octanol–water partition coefficient (Wildman–Crippen LogP) is 4.84. The minimum atomic E-state index is -5.61. The first-order valence-electron chi connectivity index (χ1n) is 7.77. The van der Waals surface area contributed by atoms with E-state index in [1.807, 2.05) is 0 Å². The summed E-state index contributed by atoms with van der Waals surface area (Å²) in [4.78, 5) is 0.198. The molecule has 1 aliphatic heterocycles. The summed E-state index contributed by atoms with van der Waals surface area (Å²) >= 11 is 0.515. The zero-order valence-corrected chi connectivity index (χ0v) is 15.0. The zero-order valence-electron chi connectivity index (χ0n) is 14.2. The van der Waals surface area contributed by atoms with Crippen LogP contribution in [-0.2, 0) is 0 Å². The van der Waals surface area contributed by atoms with Crippen LogP contribution in [-0.4, -0.2) is 57.4 Å². The van der Waals surface area contributed by atoms with E-state index in [0.29, 0.717) is 11.7 Å². The van der Waals surface area contributed by atoms with Crippen LogP contribution in [0.15, 0.2) is 6.08 Å². The highest BCUT2D eigenvalue weighted by Gasteiger charge is 2.68. The summed E-state index contributed by atoms with van der Waals surface area (Å²) in [7, 11) is 0. The van der Waals surface area contributed by atoms with E-state index in [-0.39, 0.29) is 36.1 Å². The van der Waals surface area contributed by atoms with Crippen molar-refractivity contribution in [2.45, 2.75) is 43.8 Å². The largest absolute Gasteiger partial charge is 0.475 e. The maximum atomic E-state index is 13.5. The monoisotopic (exact) mass is 443 g/mol. The number of ether oxygens (including phenoxy) is 1. The second kappa shape index (κ2) is 7.69. The number of rotatable bonds is 7. The van der Waals surface area contributed by atoms with Crippen molar-refractivity contribution in [1.29, 1.82) is 0 Å². The molecule has 4 nitrogen and oxygen atoms in total. The molecule has 0 unspecified atom stereocenters. The van der Waals surface area contributed by atoms with Crippen molar-refractivity contribution in [2.24, 2.45) is 0 Å². The van der Waals surface area contributed by atoms with E-state index < -0.39 is 49.5 Å². The van der Waals surface area contributed by atoms with Gasteiger partial charge in [-0.15, -0.1) is 4.37 Å². The molecule has 0 aromatic carbocycles. The van der Waals surface area contributed by atoms with Crippen LogP contribution in [0.3, 0.4) is 0 Å². The summed E-state index contributed by atoms with van der Waals surface area (Å²) < 4.78 is 129. The van der Waals surface area contributed by atoms with E-state index in [1.165, 1.54) is 6.08 Å². The summed E-state index contributed by atoms with van der Waals surface area (Å²) in [6.45, 7) is -2.31. The number of alkyl halides is 9. The van der Waals surface area contributed by atoms with E-state index in [9.17, 15) is 39.5 Å². The first kappa shape index (κ1) is 22.7. The van der Waals surface area contributed by atoms with Crippen molar-refractivity contribution in [1.82, 2.24) is 13.6 Å². The van der Waals surface area contributed by atoms with Crippen molar-refractivity contribution in [3.05, 3.63) is 11.8 Å². The van der Waals surface area contributed by atoms with Gasteiger partial charge in [-0.3, -0.25) is 0 Å². The molecule has 0 bridgehead atoms. The van der Waals surface area contributed by atoms with Crippen molar-refractivity contribution >= 4 is 17.3 Å². The zero-order chi connectivity index (χ0) is 21.4. The summed E-state index contributed by atoms with van der Waals surface area (Å²) in [5.41, 5.74) is -0.0700. The molecule has 2 heterocycles. The van der Waals surface area contributed by atoms with Crippen LogP contribution in [0, 0.1) is 0 Å². The minimum absolute atomic E-state index is 0.0295. The topological polar surface area (TPSA) is 38.3 Å². The molecule has 28 heavy (non-hydrogen) atoms. The number of aromatic nitrogens is 2. The van der Waals surface area contributed by atoms with Crippen LogP contribution in [0.1, 0.15) is 25.5 Å². The van der Waals surface area contributed by atoms with Crippen LogP contribution in [0.25, 0.3) is 5.57 Å². The quantitative estimate of drug-likeness (QED) is 0.447. The Morgan fingerprint density at radius 2 is 1.71 bits per heavy atom. The van der Waals surface area contributed by atoms with Crippen molar-refractivity contribution in [3.63, 3.8) is 0 Å². The second-order valence-electron chi connectivity index (χ2n) is 6.09. The molecule has 0 spiro atoms. The summed E-state index contributed by atoms with van der Waals surface area (Å²) in [5, 5.41) is 0. The van der Waals surface area contributed by atoms with E-state index in [2.05, 4.69) is 8.75 Å². The number of nitrogens with zero attached hydrogens (tertiary/aromatic N) is 3. The third-order valence-corrected chi connectivity index (χ3v) is 4.45. The second-order valence-corrected chi connectivity index (χ2v) is 6.62. The summed E-state index contributed by atoms with van der Waals surface area (Å²) in [5.74, 6) is -16.1. The van der Waals surface area contributed by atoms with Crippen LogP contribution < -0.4 is 4.74 Å². The van der Waals surface area contributed by atoms with Gasteiger partial charge in [0.1, 0.15) is 5.69 Å². The van der Waals surface area contributed by atoms with Gasteiger partial charge in [-0.1, -0.05) is 6.08 Å². The van der Waals surface area contributed by atoms with Crippen LogP contribution in [0.4, 0.5) is 39.5 Å². The van der Waals surface area contributed by atoms with E-state index in [4.69, 9.17) is 4.74 Å². The Morgan fingerprint density at radius 3 is 2.29 bits per heavy atom. The van der Waals surface area contributed by atoms with Crippen molar-refractivity contribution < 1.29 is 44.3 Å². The Hall–Kier alpha value is -1.57. The maximum Gasteiger partial charge on any atom is 0.460 e. The number of hydrogen-bond acceptors (Lipinski definition) is 5. The Labute approximate surface area is 157 Å². The predicted molar refractivity (Wildman–Crippen MR) is 80.8 cm³/mol. The number of hydrogen-bond donors (Lipinski definition) is 0. The molecule has 1 aromatic heterocycles. The Balaban J connectivity index is 2.05. The van der Waals surface area contributed by atoms with Gasteiger partial charge < -0.3 is 4.74 Å². The van der Waals surface area contributed by atoms with Gasteiger partial charge in [0.05, 0.1) is 24.8 Å². The fourth-order valence-corrected chi connectivity index (χ4v) is 2.89. The highest BCUT2D eigenvalue weighted by molar-refractivity contribution is 6.99. The molecule has 0 radical (unpaired) electrons. The van der Waals surface area contributed by atoms with Gasteiger partial charge in [0.25, 0.3) is 5.88 Å². The molecular formula is C14H14F9N3OS. The van der Waals surface area contributed by atoms with E-state index >= 15 is 0 Å². The van der Waals surface area contributed by atoms with Crippen LogP contribution in [0.5, 0.6) is 5.88 Å². The lowest BCUT2D eigenvalue weighted by atomic mass is 10.0. The molecule has 0 aliphatic carbocycles. The third kappa shape index (κ3) is 4.70. The number of halogens is 9. The third-order valence-electron chi connectivity index (χ3n) is 3.94. The lowest BCUT2D eigenvalue weighted by molar-refractivity contribution is -0.305. The molecule has 2 rings (SSSR count). The smallest absolute Gasteiger partial charge is 0.460 e. The van der Waals surface area contributed by atoms with Crippen LogP contribution >= 0.6 is 11.7 Å². The van der Waals surface area contributed by atoms with Gasteiger partial charge in [-0.05, 0) is 12.0 Å². The summed E-state index contributed by atoms with van der Waals surface area (Å²) in [6, 6.07) is 0. The molecule has 160 valence electrons. The van der Waals surface area contributed by atoms with Crippen molar-refractivity contribution in [2.75, 3.05) is 19.7 Å². The molecule has 14 heteroatoms. The lowest BCUT2D eigenvalue weighted by Gasteiger charge is -2.30. The maximum absolute atomic E-state index is 13.5. The molecule has 0 amide bonds. The first-order chi connectivity index (χ1) is 12.7. The van der Waals surface area contributed by atoms with Gasteiger partial charge in [0, 0.05) is 20.0 Å². The molecule has 0 N–H and O–H groups in total. The Bertz CT molecular complexity index is 712. The molecule has 0 fully saturated rings. The Morgan fingerprint density at radius 1 is 1.07 bits per heavy atom. The molecule has 0 saturated heterocycles. The highest BCUT2D eigenvalue weighted by Crippen LogP contribution is 2.47. The van der Waals surface area contributed by atoms with Gasteiger partial charge in [0.15, 0.2) is 0 Å². The normalized spacial score (nSPS) is 17.6. The van der Waals surface area contributed by atoms with Gasteiger partial charge in [-0.25, -0.2) is 4.90 Å². The summed E-state index contributed by atoms with van der Waals surface area (Å²) in [6.07, 6.45) is -4.88. The van der Waals surface area contributed by atoms with Crippen molar-refractivity contribution in [3.8, 4) is 5.88 Å². The average Bonchev–Trinajstić information content (AvgIpc) is 3.01. The SMILES string of the molecule is CC(F)(F)C(F)(F)C(F)(F)CCOc1nsnc1C1=CCCN(C(F)(F)F)C1. The molecule has 0 atom stereocenters. The lowest BCUT2D eigenvalue weighted by Crippen LogP contribution is -2.53. The molecular weight excluding hydrogens is 429 g/mol. The van der Waals surface area contributed by atoms with Gasteiger partial charge in [-0.2, -0.15) is 43.9 Å². The molecule has 1 aliphatic rings. The van der Waals surface area contributed by atoms with E-state index in [0.717, 1.165) is 0 Å². The highest BCUT2D eigenvalue weighted by atomic mass is 32.1. The minimum Gasteiger partial charge on any atom is -0.475 e.